The number of hydrogen-bond donors (Lipinski definition) is 1. The van der Waals surface area contributed by atoms with Crippen molar-refractivity contribution in [2.24, 2.45) is 5.73 Å². The van der Waals surface area contributed by atoms with E-state index in [9.17, 15) is 0 Å². The summed E-state index contributed by atoms with van der Waals surface area (Å²) in [5.74, 6) is 1.95. The van der Waals surface area contributed by atoms with E-state index < -0.39 is 0 Å². The van der Waals surface area contributed by atoms with Crippen LogP contribution in [-0.2, 0) is 6.42 Å². The summed E-state index contributed by atoms with van der Waals surface area (Å²) in [6.07, 6.45) is 2.83. The van der Waals surface area contributed by atoms with Gasteiger partial charge in [0.05, 0.1) is 5.92 Å². The zero-order chi connectivity index (χ0) is 10.7. The van der Waals surface area contributed by atoms with Crippen molar-refractivity contribution in [3.63, 3.8) is 0 Å². The Labute approximate surface area is 89.6 Å². The number of aryl methyl sites for hydroxylation is 1. The van der Waals surface area contributed by atoms with Gasteiger partial charge in [-0.1, -0.05) is 0 Å². The van der Waals surface area contributed by atoms with E-state index in [0.717, 1.165) is 44.1 Å². The summed E-state index contributed by atoms with van der Waals surface area (Å²) in [4.78, 5) is 2.29. The molecule has 2 rings (SSSR count). The Hall–Kier alpha value is -0.940. The van der Waals surface area contributed by atoms with Gasteiger partial charge in [0.15, 0.2) is 0 Å². The largest absolute Gasteiger partial charge is 0.425 e. The average Bonchev–Trinajstić information content (AvgIpc) is 2.83. The van der Waals surface area contributed by atoms with Gasteiger partial charge in [0, 0.05) is 13.0 Å². The van der Waals surface area contributed by atoms with E-state index in [2.05, 4.69) is 22.1 Å². The summed E-state index contributed by atoms with van der Waals surface area (Å²) >= 11 is 0. The van der Waals surface area contributed by atoms with Crippen molar-refractivity contribution in [2.45, 2.75) is 25.2 Å². The van der Waals surface area contributed by atoms with Crippen LogP contribution < -0.4 is 5.73 Å². The van der Waals surface area contributed by atoms with E-state index in [1.165, 1.54) is 0 Å². The lowest BCUT2D eigenvalue weighted by Gasteiger charge is -2.05. The highest BCUT2D eigenvalue weighted by molar-refractivity contribution is 4.96. The van der Waals surface area contributed by atoms with Gasteiger partial charge in [-0.2, -0.15) is 0 Å². The average molecular weight is 210 g/mol. The third-order valence-corrected chi connectivity index (χ3v) is 2.82. The van der Waals surface area contributed by atoms with Crippen molar-refractivity contribution in [3.05, 3.63) is 11.8 Å². The molecular weight excluding hydrogens is 192 g/mol. The van der Waals surface area contributed by atoms with Crippen LogP contribution in [0.2, 0.25) is 0 Å². The predicted molar refractivity (Wildman–Crippen MR) is 56.5 cm³/mol. The van der Waals surface area contributed by atoms with E-state index in [1.807, 2.05) is 0 Å². The monoisotopic (exact) mass is 210 g/mol. The molecule has 1 aliphatic heterocycles. The van der Waals surface area contributed by atoms with Crippen LogP contribution in [0.1, 0.15) is 30.5 Å². The van der Waals surface area contributed by atoms with E-state index in [-0.39, 0.29) is 0 Å². The van der Waals surface area contributed by atoms with Crippen molar-refractivity contribution < 1.29 is 4.42 Å². The zero-order valence-corrected chi connectivity index (χ0v) is 9.15. The second-order valence-electron chi connectivity index (χ2n) is 4.17. The molecule has 1 aliphatic rings. The third-order valence-electron chi connectivity index (χ3n) is 2.82. The second-order valence-corrected chi connectivity index (χ2v) is 4.17. The van der Waals surface area contributed by atoms with E-state index >= 15 is 0 Å². The van der Waals surface area contributed by atoms with Crippen LogP contribution in [0.4, 0.5) is 0 Å². The Morgan fingerprint density at radius 1 is 1.53 bits per heavy atom. The van der Waals surface area contributed by atoms with E-state index in [4.69, 9.17) is 10.2 Å². The number of rotatable bonds is 4. The molecule has 2 heterocycles. The topological polar surface area (TPSA) is 68.2 Å². The van der Waals surface area contributed by atoms with Crippen molar-refractivity contribution in [3.8, 4) is 0 Å². The van der Waals surface area contributed by atoms with Gasteiger partial charge in [0.2, 0.25) is 11.8 Å². The molecule has 0 radical (unpaired) electrons. The molecule has 1 aromatic heterocycles. The van der Waals surface area contributed by atoms with Crippen LogP contribution in [0.25, 0.3) is 0 Å². The normalized spacial score (nSPS) is 22.4. The minimum Gasteiger partial charge on any atom is -0.425 e. The summed E-state index contributed by atoms with van der Waals surface area (Å²) in [6.45, 7) is 2.81. The highest BCUT2D eigenvalue weighted by atomic mass is 16.4. The summed E-state index contributed by atoms with van der Waals surface area (Å²) in [6, 6.07) is 0. The summed E-state index contributed by atoms with van der Waals surface area (Å²) < 4.78 is 5.61. The Kier molecular flexibility index (Phi) is 3.33. The van der Waals surface area contributed by atoms with Crippen molar-refractivity contribution >= 4 is 0 Å². The lowest BCUT2D eigenvalue weighted by Crippen LogP contribution is -2.13. The first kappa shape index (κ1) is 10.6. The smallest absolute Gasteiger partial charge is 0.220 e. The Bertz CT molecular complexity index is 312. The van der Waals surface area contributed by atoms with Gasteiger partial charge >= 0.3 is 0 Å². The molecule has 1 saturated heterocycles. The van der Waals surface area contributed by atoms with Crippen LogP contribution >= 0.6 is 0 Å². The van der Waals surface area contributed by atoms with Gasteiger partial charge in [-0.25, -0.2) is 0 Å². The second kappa shape index (κ2) is 4.72. The maximum absolute atomic E-state index is 5.61. The fraction of sp³-hybridized carbons (Fsp3) is 0.800. The third kappa shape index (κ3) is 2.54. The molecular formula is C10H18N4O. The molecule has 0 aromatic carbocycles. The fourth-order valence-electron chi connectivity index (χ4n) is 1.92. The molecule has 1 aromatic rings. The minimum atomic E-state index is 0.425. The molecule has 0 bridgehead atoms. The highest BCUT2D eigenvalue weighted by Crippen LogP contribution is 2.24. The van der Waals surface area contributed by atoms with Crippen molar-refractivity contribution in [1.29, 1.82) is 0 Å². The standard InChI is InChI=1S/C10H18N4O/c1-14-6-4-8(7-14)10-13-12-9(15-10)3-2-5-11/h8H,2-7,11H2,1H3/t8-/m1/s1. The van der Waals surface area contributed by atoms with Crippen LogP contribution in [0.15, 0.2) is 4.42 Å². The summed E-state index contributed by atoms with van der Waals surface area (Å²) in [7, 11) is 2.12. The number of nitrogens with two attached hydrogens (primary N) is 1. The van der Waals surface area contributed by atoms with Gasteiger partial charge < -0.3 is 15.1 Å². The molecule has 84 valence electrons. The van der Waals surface area contributed by atoms with Crippen molar-refractivity contribution in [2.75, 3.05) is 26.7 Å². The molecule has 0 unspecified atom stereocenters. The van der Waals surface area contributed by atoms with E-state index in [0.29, 0.717) is 12.5 Å². The predicted octanol–water partition coefficient (Wildman–Crippen LogP) is 0.380. The van der Waals surface area contributed by atoms with Crippen molar-refractivity contribution in [1.82, 2.24) is 15.1 Å². The maximum atomic E-state index is 5.61. The molecule has 0 amide bonds. The lowest BCUT2D eigenvalue weighted by atomic mass is 10.1. The summed E-state index contributed by atoms with van der Waals surface area (Å²) in [5.41, 5.74) is 5.43. The fourth-order valence-corrected chi connectivity index (χ4v) is 1.92. The van der Waals surface area contributed by atoms with Gasteiger partial charge in [0.25, 0.3) is 0 Å². The Morgan fingerprint density at radius 2 is 2.40 bits per heavy atom. The SMILES string of the molecule is CN1CC[C@@H](c2nnc(CCCN)o2)C1. The first-order valence-electron chi connectivity index (χ1n) is 5.50. The molecule has 0 spiro atoms. The number of aromatic nitrogens is 2. The first-order chi connectivity index (χ1) is 7.29. The summed E-state index contributed by atoms with van der Waals surface area (Å²) in [5, 5.41) is 8.13. The molecule has 15 heavy (non-hydrogen) atoms. The van der Waals surface area contributed by atoms with Crippen LogP contribution in [0.3, 0.4) is 0 Å². The molecule has 0 aliphatic carbocycles. The molecule has 0 saturated carbocycles. The first-order valence-corrected chi connectivity index (χ1v) is 5.50. The molecule has 5 heteroatoms. The number of likely N-dealkylation sites (tertiary alicyclic amines) is 1. The maximum Gasteiger partial charge on any atom is 0.220 e. The lowest BCUT2D eigenvalue weighted by molar-refractivity contribution is 0.382. The van der Waals surface area contributed by atoms with Gasteiger partial charge in [-0.15, -0.1) is 10.2 Å². The van der Waals surface area contributed by atoms with Gasteiger partial charge in [0.1, 0.15) is 0 Å². The number of likely N-dealkylation sites (N-methyl/N-ethyl adjacent to an activating group) is 1. The van der Waals surface area contributed by atoms with Crippen LogP contribution in [0, 0.1) is 0 Å². The number of hydrogen-bond acceptors (Lipinski definition) is 5. The van der Waals surface area contributed by atoms with Gasteiger partial charge in [-0.05, 0) is 33.0 Å². The molecule has 1 atom stereocenters. The Balaban J connectivity index is 1.94. The molecule has 5 nitrogen and oxygen atoms in total. The molecule has 1 fully saturated rings. The van der Waals surface area contributed by atoms with Gasteiger partial charge in [-0.3, -0.25) is 0 Å². The van der Waals surface area contributed by atoms with Crippen LogP contribution in [-0.4, -0.2) is 41.8 Å². The number of nitrogens with zero attached hydrogens (tertiary/aromatic N) is 3. The van der Waals surface area contributed by atoms with E-state index in [1.54, 1.807) is 0 Å². The molecule has 2 N–H and O–H groups in total. The van der Waals surface area contributed by atoms with Crippen LogP contribution in [0.5, 0.6) is 0 Å². The highest BCUT2D eigenvalue weighted by Gasteiger charge is 2.25. The zero-order valence-electron chi connectivity index (χ0n) is 9.15. The minimum absolute atomic E-state index is 0.425. The Morgan fingerprint density at radius 3 is 3.07 bits per heavy atom. The quantitative estimate of drug-likeness (QED) is 0.778.